The van der Waals surface area contributed by atoms with Gasteiger partial charge in [0.05, 0.1) is 15.6 Å². The number of nitrogen functional groups attached to an aromatic ring is 1. The molecule has 0 bridgehead atoms. The summed E-state index contributed by atoms with van der Waals surface area (Å²) in [5.41, 5.74) is 5.96. The van der Waals surface area contributed by atoms with E-state index in [1.807, 2.05) is 0 Å². The Morgan fingerprint density at radius 3 is 2.90 bits per heavy atom. The standard InChI is InChI=1S/C13H20ClN3O2S/c1-17-6-2-3-10(9-17)8-16-20(18,19)11-4-5-13(15)12(14)7-11/h4-5,7,10,16H,2-3,6,8-9,15H2,1H3. The number of anilines is 1. The fourth-order valence-electron chi connectivity index (χ4n) is 2.43. The topological polar surface area (TPSA) is 75.4 Å². The molecule has 20 heavy (non-hydrogen) atoms. The van der Waals surface area contributed by atoms with Gasteiger partial charge in [-0.3, -0.25) is 0 Å². The fraction of sp³-hybridized carbons (Fsp3) is 0.538. The summed E-state index contributed by atoms with van der Waals surface area (Å²) in [5, 5.41) is 0.255. The molecule has 1 heterocycles. The van der Waals surface area contributed by atoms with Gasteiger partial charge in [0.15, 0.2) is 0 Å². The molecule has 0 radical (unpaired) electrons. The van der Waals surface area contributed by atoms with Gasteiger partial charge in [-0.25, -0.2) is 13.1 Å². The summed E-state index contributed by atoms with van der Waals surface area (Å²) in [5.74, 6) is 0.354. The Morgan fingerprint density at radius 1 is 1.50 bits per heavy atom. The molecule has 1 aromatic carbocycles. The average molecular weight is 318 g/mol. The first kappa shape index (κ1) is 15.6. The Morgan fingerprint density at radius 2 is 2.25 bits per heavy atom. The zero-order valence-electron chi connectivity index (χ0n) is 11.5. The van der Waals surface area contributed by atoms with Gasteiger partial charge in [-0.15, -0.1) is 0 Å². The van der Waals surface area contributed by atoms with Crippen LogP contribution in [0.15, 0.2) is 23.1 Å². The van der Waals surface area contributed by atoms with Crippen molar-refractivity contribution in [2.24, 2.45) is 5.92 Å². The number of hydrogen-bond acceptors (Lipinski definition) is 4. The Hall–Kier alpha value is -0.820. The van der Waals surface area contributed by atoms with Crippen LogP contribution in [0.1, 0.15) is 12.8 Å². The van der Waals surface area contributed by atoms with Gasteiger partial charge in [-0.05, 0) is 50.6 Å². The molecule has 0 amide bonds. The lowest BCUT2D eigenvalue weighted by Gasteiger charge is -2.29. The molecule has 7 heteroatoms. The molecule has 0 spiro atoms. The maximum Gasteiger partial charge on any atom is 0.240 e. The van der Waals surface area contributed by atoms with Crippen molar-refractivity contribution in [1.29, 1.82) is 0 Å². The van der Waals surface area contributed by atoms with Crippen molar-refractivity contribution in [3.05, 3.63) is 23.2 Å². The summed E-state index contributed by atoms with van der Waals surface area (Å²) >= 11 is 5.86. The summed E-state index contributed by atoms with van der Waals surface area (Å²) in [4.78, 5) is 2.38. The molecule has 1 aliphatic heterocycles. The second kappa shape index (κ2) is 6.30. The minimum Gasteiger partial charge on any atom is -0.398 e. The minimum absolute atomic E-state index is 0.154. The molecule has 1 aromatic rings. The van der Waals surface area contributed by atoms with E-state index in [0.29, 0.717) is 18.2 Å². The summed E-state index contributed by atoms with van der Waals surface area (Å²) in [6.07, 6.45) is 2.16. The van der Waals surface area contributed by atoms with E-state index in [1.54, 1.807) is 0 Å². The van der Waals surface area contributed by atoms with E-state index in [9.17, 15) is 8.42 Å². The molecular formula is C13H20ClN3O2S. The van der Waals surface area contributed by atoms with Gasteiger partial charge in [0, 0.05) is 13.1 Å². The van der Waals surface area contributed by atoms with Gasteiger partial charge in [0.2, 0.25) is 10.0 Å². The molecule has 0 aliphatic carbocycles. The number of nitrogens with zero attached hydrogens (tertiary/aromatic N) is 1. The molecule has 1 unspecified atom stereocenters. The number of hydrogen-bond donors (Lipinski definition) is 2. The normalized spacial score (nSPS) is 21.0. The minimum atomic E-state index is -3.52. The monoisotopic (exact) mass is 317 g/mol. The highest BCUT2D eigenvalue weighted by molar-refractivity contribution is 7.89. The number of benzene rings is 1. The molecule has 1 saturated heterocycles. The molecule has 1 fully saturated rings. The molecule has 2 rings (SSSR count). The lowest BCUT2D eigenvalue weighted by Crippen LogP contribution is -2.39. The number of likely N-dealkylation sites (tertiary alicyclic amines) is 1. The quantitative estimate of drug-likeness (QED) is 0.826. The molecule has 112 valence electrons. The van der Waals surface area contributed by atoms with Crippen molar-refractivity contribution in [2.45, 2.75) is 17.7 Å². The van der Waals surface area contributed by atoms with Gasteiger partial charge in [0.1, 0.15) is 0 Å². The Labute approximate surface area is 125 Å². The number of piperidine rings is 1. The maximum absolute atomic E-state index is 12.2. The zero-order chi connectivity index (χ0) is 14.8. The lowest BCUT2D eigenvalue weighted by molar-refractivity contribution is 0.211. The Balaban J connectivity index is 2.01. The van der Waals surface area contributed by atoms with Gasteiger partial charge in [0.25, 0.3) is 0 Å². The second-order valence-electron chi connectivity index (χ2n) is 5.31. The van der Waals surface area contributed by atoms with Gasteiger partial charge >= 0.3 is 0 Å². The number of sulfonamides is 1. The van der Waals surface area contributed by atoms with E-state index >= 15 is 0 Å². The van der Waals surface area contributed by atoms with Gasteiger partial charge in [-0.1, -0.05) is 11.6 Å². The highest BCUT2D eigenvalue weighted by Gasteiger charge is 2.21. The van der Waals surface area contributed by atoms with Crippen LogP contribution in [0.4, 0.5) is 5.69 Å². The van der Waals surface area contributed by atoms with Crippen LogP contribution in [0.5, 0.6) is 0 Å². The predicted molar refractivity (Wildman–Crippen MR) is 81.3 cm³/mol. The highest BCUT2D eigenvalue weighted by atomic mass is 35.5. The number of halogens is 1. The second-order valence-corrected chi connectivity index (χ2v) is 7.48. The molecule has 5 nitrogen and oxygen atoms in total. The first-order chi connectivity index (χ1) is 9.38. The van der Waals surface area contributed by atoms with Crippen LogP contribution >= 0.6 is 11.6 Å². The average Bonchev–Trinajstić information content (AvgIpc) is 2.40. The molecule has 3 N–H and O–H groups in total. The third-order valence-electron chi connectivity index (χ3n) is 3.57. The van der Waals surface area contributed by atoms with Crippen LogP contribution < -0.4 is 10.5 Å². The van der Waals surface area contributed by atoms with Gasteiger partial charge in [-0.2, -0.15) is 0 Å². The van der Waals surface area contributed by atoms with E-state index < -0.39 is 10.0 Å². The third-order valence-corrected chi connectivity index (χ3v) is 5.31. The number of nitrogens with one attached hydrogen (secondary N) is 1. The summed E-state index contributed by atoms with van der Waals surface area (Å²) in [7, 11) is -1.47. The van der Waals surface area contributed by atoms with Crippen molar-refractivity contribution in [2.75, 3.05) is 32.4 Å². The van der Waals surface area contributed by atoms with Crippen molar-refractivity contribution in [3.8, 4) is 0 Å². The lowest BCUT2D eigenvalue weighted by atomic mass is 9.99. The largest absolute Gasteiger partial charge is 0.398 e. The van der Waals surface area contributed by atoms with Crippen molar-refractivity contribution in [1.82, 2.24) is 9.62 Å². The van der Waals surface area contributed by atoms with Crippen LogP contribution in [-0.2, 0) is 10.0 Å². The number of rotatable bonds is 4. The smallest absolute Gasteiger partial charge is 0.240 e. The first-order valence-corrected chi connectivity index (χ1v) is 8.48. The zero-order valence-corrected chi connectivity index (χ0v) is 13.0. The maximum atomic E-state index is 12.2. The summed E-state index contributed by atoms with van der Waals surface area (Å²) in [6, 6.07) is 4.36. The van der Waals surface area contributed by atoms with E-state index in [4.69, 9.17) is 17.3 Å². The third kappa shape index (κ3) is 3.85. The molecule has 0 aromatic heterocycles. The number of nitrogens with two attached hydrogens (primary N) is 1. The van der Waals surface area contributed by atoms with Crippen molar-refractivity contribution in [3.63, 3.8) is 0 Å². The van der Waals surface area contributed by atoms with Crippen LogP contribution in [0.2, 0.25) is 5.02 Å². The SMILES string of the molecule is CN1CCCC(CNS(=O)(=O)c2ccc(N)c(Cl)c2)C1. The molecule has 1 atom stereocenters. The Bertz CT molecular complexity index is 577. The Kier molecular flexibility index (Phi) is 4.90. The summed E-state index contributed by atoms with van der Waals surface area (Å²) in [6.45, 7) is 2.45. The van der Waals surface area contributed by atoms with E-state index in [0.717, 1.165) is 25.9 Å². The van der Waals surface area contributed by atoms with Crippen molar-refractivity contribution < 1.29 is 8.42 Å². The molecule has 0 saturated carbocycles. The van der Waals surface area contributed by atoms with Crippen LogP contribution in [-0.4, -0.2) is 40.0 Å². The van der Waals surface area contributed by atoms with E-state index in [1.165, 1.54) is 18.2 Å². The molecule has 1 aliphatic rings. The predicted octanol–water partition coefficient (Wildman–Crippen LogP) is 1.54. The van der Waals surface area contributed by atoms with Crippen LogP contribution in [0, 0.1) is 5.92 Å². The van der Waals surface area contributed by atoms with Crippen LogP contribution in [0.3, 0.4) is 0 Å². The van der Waals surface area contributed by atoms with Gasteiger partial charge < -0.3 is 10.6 Å². The molecular weight excluding hydrogens is 298 g/mol. The van der Waals surface area contributed by atoms with E-state index in [-0.39, 0.29) is 9.92 Å². The fourth-order valence-corrected chi connectivity index (χ4v) is 3.81. The van der Waals surface area contributed by atoms with E-state index in [2.05, 4.69) is 16.7 Å². The first-order valence-electron chi connectivity index (χ1n) is 6.62. The highest BCUT2D eigenvalue weighted by Crippen LogP contribution is 2.22. The van der Waals surface area contributed by atoms with Crippen LogP contribution in [0.25, 0.3) is 0 Å². The summed E-state index contributed by atoms with van der Waals surface area (Å²) < 4.78 is 27.0. The van der Waals surface area contributed by atoms with Crippen molar-refractivity contribution >= 4 is 27.3 Å².